The lowest BCUT2D eigenvalue weighted by Gasteiger charge is -2.27. The van der Waals surface area contributed by atoms with Gasteiger partial charge in [0.05, 0.1) is 24.5 Å². The number of aromatic nitrogens is 2. The topological polar surface area (TPSA) is 94.4 Å². The Morgan fingerprint density at radius 1 is 0.958 bits per heavy atom. The first-order chi connectivity index (χ1) is 23.4. The molecule has 2 aromatic heterocycles. The van der Waals surface area contributed by atoms with Gasteiger partial charge in [0.25, 0.3) is 5.91 Å². The molecule has 0 unspecified atom stereocenters. The number of amides is 1. The van der Waals surface area contributed by atoms with Gasteiger partial charge in [0.1, 0.15) is 11.8 Å². The van der Waals surface area contributed by atoms with E-state index in [1.807, 2.05) is 49.4 Å². The van der Waals surface area contributed by atoms with Crippen molar-refractivity contribution in [1.82, 2.24) is 19.8 Å². The van der Waals surface area contributed by atoms with Gasteiger partial charge in [-0.1, -0.05) is 48.4 Å². The van der Waals surface area contributed by atoms with E-state index in [0.717, 1.165) is 80.3 Å². The van der Waals surface area contributed by atoms with Crippen LogP contribution in [0.15, 0.2) is 60.9 Å². The van der Waals surface area contributed by atoms with Gasteiger partial charge in [0.2, 0.25) is 0 Å². The summed E-state index contributed by atoms with van der Waals surface area (Å²) in [5.74, 6) is -0.291. The zero-order valence-corrected chi connectivity index (χ0v) is 28.4. The third kappa shape index (κ3) is 8.00. The first kappa shape index (κ1) is 33.5. The normalized spacial score (nSPS) is 15.8. The van der Waals surface area contributed by atoms with Crippen molar-refractivity contribution >= 4 is 35.3 Å². The molecule has 6 rings (SSSR count). The molecule has 2 fully saturated rings. The number of nitriles is 1. The molecule has 9 heteroatoms. The summed E-state index contributed by atoms with van der Waals surface area (Å²) in [4.78, 5) is 27.0. The number of morpholine rings is 1. The maximum Gasteiger partial charge on any atom is 0.274 e. The van der Waals surface area contributed by atoms with Gasteiger partial charge in [-0.2, -0.15) is 5.26 Å². The van der Waals surface area contributed by atoms with Gasteiger partial charge in [-0.05, 0) is 104 Å². The van der Waals surface area contributed by atoms with Crippen LogP contribution in [0.4, 0.5) is 5.69 Å². The minimum absolute atomic E-state index is 0.291. The van der Waals surface area contributed by atoms with E-state index in [4.69, 9.17) is 16.3 Å². The van der Waals surface area contributed by atoms with E-state index in [2.05, 4.69) is 50.2 Å². The van der Waals surface area contributed by atoms with Crippen LogP contribution in [0.2, 0.25) is 5.02 Å². The maximum atomic E-state index is 13.2. The Balaban J connectivity index is 1.18. The number of likely N-dealkylation sites (tertiary alicyclic amines) is 1. The second-order valence-electron chi connectivity index (χ2n) is 12.6. The lowest BCUT2D eigenvalue weighted by atomic mass is 9.94. The van der Waals surface area contributed by atoms with Crippen LogP contribution in [0, 0.1) is 25.2 Å². The highest BCUT2D eigenvalue weighted by Gasteiger charge is 2.17. The van der Waals surface area contributed by atoms with Crippen molar-refractivity contribution in [3.05, 3.63) is 111 Å². The zero-order chi connectivity index (χ0) is 33.5. The lowest BCUT2D eigenvalue weighted by Crippen LogP contribution is -2.35. The first-order valence-electron chi connectivity index (χ1n) is 16.6. The standard InChI is InChI=1S/C39H41ClN6O2/c1-27-21-30(35(40)22-31(27)26-45-15-4-3-5-16-45)10-12-37-34(23-41)33(13-14-42-37)32-7-6-8-36(28(32)2)44-39(47)38-11-9-29(24-43-38)25-46-17-19-48-20-18-46/h6-14,21-22,24H,3-5,15-20,25-26H2,1-2H3,(H,44,47)/b12-10+. The quantitative estimate of drug-likeness (QED) is 0.198. The van der Waals surface area contributed by atoms with Crippen LogP contribution in [0.5, 0.6) is 0 Å². The van der Waals surface area contributed by atoms with E-state index >= 15 is 0 Å². The van der Waals surface area contributed by atoms with Gasteiger partial charge < -0.3 is 10.1 Å². The van der Waals surface area contributed by atoms with Crippen molar-refractivity contribution in [3.8, 4) is 17.2 Å². The number of pyridine rings is 2. The van der Waals surface area contributed by atoms with Crippen LogP contribution in [0.3, 0.4) is 0 Å². The molecule has 4 heterocycles. The van der Waals surface area contributed by atoms with Crippen LogP contribution in [-0.4, -0.2) is 65.1 Å². The van der Waals surface area contributed by atoms with Crippen LogP contribution < -0.4 is 5.32 Å². The summed E-state index contributed by atoms with van der Waals surface area (Å²) in [6.07, 6.45) is 11.1. The number of ether oxygens (including phenoxy) is 1. The number of halogens is 1. The fourth-order valence-corrected chi connectivity index (χ4v) is 6.68. The Hall–Kier alpha value is -4.39. The predicted molar refractivity (Wildman–Crippen MR) is 192 cm³/mol. The number of anilines is 1. The molecule has 0 aliphatic carbocycles. The number of benzene rings is 2. The molecule has 0 spiro atoms. The number of piperidine rings is 1. The third-order valence-corrected chi connectivity index (χ3v) is 9.58. The number of rotatable bonds is 9. The van der Waals surface area contributed by atoms with E-state index in [-0.39, 0.29) is 5.91 Å². The van der Waals surface area contributed by atoms with Crippen LogP contribution in [-0.2, 0) is 17.8 Å². The largest absolute Gasteiger partial charge is 0.379 e. The minimum atomic E-state index is -0.291. The average molecular weight is 661 g/mol. The maximum absolute atomic E-state index is 13.2. The van der Waals surface area contributed by atoms with Gasteiger partial charge in [0, 0.05) is 54.8 Å². The molecule has 0 radical (unpaired) electrons. The summed E-state index contributed by atoms with van der Waals surface area (Å²) >= 11 is 6.76. The molecule has 2 aromatic carbocycles. The Bertz CT molecular complexity index is 1840. The molecule has 2 saturated heterocycles. The summed E-state index contributed by atoms with van der Waals surface area (Å²) in [7, 11) is 0. The van der Waals surface area contributed by atoms with Crippen molar-refractivity contribution in [3.63, 3.8) is 0 Å². The number of carbonyl (C=O) groups excluding carboxylic acids is 1. The van der Waals surface area contributed by atoms with E-state index in [1.54, 1.807) is 18.5 Å². The van der Waals surface area contributed by atoms with Crippen molar-refractivity contribution in [2.75, 3.05) is 44.7 Å². The number of hydrogen-bond acceptors (Lipinski definition) is 7. The van der Waals surface area contributed by atoms with E-state index in [1.165, 1.54) is 30.4 Å². The van der Waals surface area contributed by atoms with Crippen molar-refractivity contribution in [2.45, 2.75) is 46.2 Å². The highest BCUT2D eigenvalue weighted by atomic mass is 35.5. The second kappa shape index (κ2) is 15.7. The smallest absolute Gasteiger partial charge is 0.274 e. The Kier molecular flexibility index (Phi) is 10.9. The van der Waals surface area contributed by atoms with Crippen LogP contribution in [0.25, 0.3) is 23.3 Å². The molecular weight excluding hydrogens is 620 g/mol. The van der Waals surface area contributed by atoms with E-state index in [0.29, 0.717) is 27.7 Å². The van der Waals surface area contributed by atoms with Crippen molar-refractivity contribution in [1.29, 1.82) is 5.26 Å². The summed E-state index contributed by atoms with van der Waals surface area (Å²) in [5, 5.41) is 14.0. The molecule has 2 aliphatic heterocycles. The SMILES string of the molecule is Cc1cc(/C=C/c2nccc(-c3cccc(NC(=O)c4ccc(CN5CCOCC5)cn4)c3C)c2C#N)c(Cl)cc1CN1CCCCC1. The van der Waals surface area contributed by atoms with E-state index < -0.39 is 0 Å². The molecule has 1 N–H and O–H groups in total. The molecule has 246 valence electrons. The fourth-order valence-electron chi connectivity index (χ4n) is 6.44. The number of nitrogens with zero attached hydrogens (tertiary/aromatic N) is 5. The molecule has 1 amide bonds. The second-order valence-corrected chi connectivity index (χ2v) is 13.0. The summed E-state index contributed by atoms with van der Waals surface area (Å²) in [6.45, 7) is 11.3. The van der Waals surface area contributed by atoms with Crippen molar-refractivity contribution in [2.24, 2.45) is 0 Å². The van der Waals surface area contributed by atoms with Gasteiger partial charge in [-0.25, -0.2) is 0 Å². The Morgan fingerprint density at radius 2 is 1.75 bits per heavy atom. The monoisotopic (exact) mass is 660 g/mol. The summed E-state index contributed by atoms with van der Waals surface area (Å²) in [5.41, 5.74) is 8.80. The molecule has 2 aliphatic rings. The molecule has 48 heavy (non-hydrogen) atoms. The van der Waals surface area contributed by atoms with Gasteiger partial charge in [-0.3, -0.25) is 24.6 Å². The fraction of sp³-hybridized carbons (Fsp3) is 0.333. The molecular formula is C39H41ClN6O2. The Labute approximate surface area is 288 Å². The number of nitrogens with one attached hydrogen (secondary N) is 1. The number of carbonyl (C=O) groups is 1. The first-order valence-corrected chi connectivity index (χ1v) is 17.0. The van der Waals surface area contributed by atoms with Crippen molar-refractivity contribution < 1.29 is 9.53 Å². The highest BCUT2D eigenvalue weighted by Crippen LogP contribution is 2.33. The zero-order valence-electron chi connectivity index (χ0n) is 27.6. The lowest BCUT2D eigenvalue weighted by molar-refractivity contribution is 0.0341. The highest BCUT2D eigenvalue weighted by molar-refractivity contribution is 6.32. The average Bonchev–Trinajstić information content (AvgIpc) is 3.11. The van der Waals surface area contributed by atoms with Crippen LogP contribution >= 0.6 is 11.6 Å². The van der Waals surface area contributed by atoms with Gasteiger partial charge in [0.15, 0.2) is 0 Å². The number of aryl methyl sites for hydroxylation is 1. The summed E-state index contributed by atoms with van der Waals surface area (Å²) < 4.78 is 5.43. The molecule has 8 nitrogen and oxygen atoms in total. The molecule has 4 aromatic rings. The molecule has 0 atom stereocenters. The third-order valence-electron chi connectivity index (χ3n) is 9.25. The van der Waals surface area contributed by atoms with Gasteiger partial charge >= 0.3 is 0 Å². The van der Waals surface area contributed by atoms with Crippen LogP contribution in [0.1, 0.15) is 68.8 Å². The Morgan fingerprint density at radius 3 is 2.50 bits per heavy atom. The van der Waals surface area contributed by atoms with E-state index in [9.17, 15) is 10.1 Å². The summed E-state index contributed by atoms with van der Waals surface area (Å²) in [6, 6.07) is 17.8. The predicted octanol–water partition coefficient (Wildman–Crippen LogP) is 7.53. The minimum Gasteiger partial charge on any atom is -0.379 e. The molecule has 0 bridgehead atoms. The van der Waals surface area contributed by atoms with Gasteiger partial charge in [-0.15, -0.1) is 0 Å². The number of hydrogen-bond donors (Lipinski definition) is 1. The molecule has 0 saturated carbocycles.